The van der Waals surface area contributed by atoms with Crippen molar-refractivity contribution in [1.82, 2.24) is 4.90 Å². The normalized spacial score (nSPS) is 30.4. The summed E-state index contributed by atoms with van der Waals surface area (Å²) in [5, 5.41) is 3.00. The Balaban J connectivity index is 2.06. The van der Waals surface area contributed by atoms with Crippen LogP contribution in [-0.2, 0) is 20.0 Å². The Kier molecular flexibility index (Phi) is 2.70. The number of ether oxygens (including phenoxy) is 1. The number of nitrogens with one attached hydrogen (secondary N) is 1. The fourth-order valence-electron chi connectivity index (χ4n) is 3.19. The van der Waals surface area contributed by atoms with Crippen LogP contribution in [0.4, 0.5) is 10.1 Å². The Hall–Kier alpha value is -2.11. The van der Waals surface area contributed by atoms with E-state index in [4.69, 9.17) is 0 Å². The van der Waals surface area contributed by atoms with Gasteiger partial charge < -0.3 is 15.0 Å². The summed E-state index contributed by atoms with van der Waals surface area (Å²) in [6, 6.07) is 6.09. The highest BCUT2D eigenvalue weighted by atomic mass is 19.1. The van der Waals surface area contributed by atoms with Crippen LogP contribution in [0.5, 0.6) is 0 Å². The topological polar surface area (TPSA) is 58.6 Å². The summed E-state index contributed by atoms with van der Waals surface area (Å²) < 4.78 is 20.1. The predicted octanol–water partition coefficient (Wildman–Crippen LogP) is 1.40. The number of carbonyl (C=O) groups excluding carboxylic acids is 2. The summed E-state index contributed by atoms with van der Waals surface area (Å²) in [5.74, 6) is -0.948. The summed E-state index contributed by atoms with van der Waals surface area (Å²) >= 11 is 0. The maximum atomic E-state index is 15.4. The first kappa shape index (κ1) is 12.9. The molecule has 3 rings (SSSR count). The zero-order valence-corrected chi connectivity index (χ0v) is 11.2. The molecule has 0 saturated carbocycles. The van der Waals surface area contributed by atoms with Gasteiger partial charge in [0.15, 0.2) is 5.67 Å². The van der Waals surface area contributed by atoms with E-state index in [1.807, 2.05) is 0 Å². The second kappa shape index (κ2) is 4.19. The third-order valence-electron chi connectivity index (χ3n) is 4.04. The van der Waals surface area contributed by atoms with Crippen LogP contribution in [0.25, 0.3) is 0 Å². The zero-order chi connectivity index (χ0) is 14.5. The quantitative estimate of drug-likeness (QED) is 0.789. The van der Waals surface area contributed by atoms with Crippen molar-refractivity contribution in [2.75, 3.05) is 12.4 Å². The molecule has 2 aliphatic heterocycles. The van der Waals surface area contributed by atoms with Gasteiger partial charge in [-0.2, -0.15) is 0 Å². The van der Waals surface area contributed by atoms with Gasteiger partial charge in [-0.05, 0) is 6.07 Å². The lowest BCUT2D eigenvalue weighted by Gasteiger charge is -2.28. The van der Waals surface area contributed by atoms with Crippen molar-refractivity contribution < 1.29 is 18.7 Å². The fourth-order valence-corrected chi connectivity index (χ4v) is 3.19. The second-order valence-electron chi connectivity index (χ2n) is 5.12. The first-order chi connectivity index (χ1) is 9.49. The first-order valence-electron chi connectivity index (χ1n) is 6.40. The molecule has 0 bridgehead atoms. The number of benzene rings is 1. The van der Waals surface area contributed by atoms with Crippen LogP contribution < -0.4 is 5.32 Å². The number of esters is 1. The maximum Gasteiger partial charge on any atom is 0.328 e. The van der Waals surface area contributed by atoms with Crippen molar-refractivity contribution in [3.8, 4) is 0 Å². The predicted molar refractivity (Wildman–Crippen MR) is 69.6 cm³/mol. The molecule has 1 aromatic rings. The van der Waals surface area contributed by atoms with Gasteiger partial charge in [-0.3, -0.25) is 4.79 Å². The molecule has 1 fully saturated rings. The van der Waals surface area contributed by atoms with Crippen molar-refractivity contribution in [2.24, 2.45) is 0 Å². The van der Waals surface area contributed by atoms with Gasteiger partial charge in [-0.1, -0.05) is 18.2 Å². The summed E-state index contributed by atoms with van der Waals surface area (Å²) in [7, 11) is 1.24. The number of fused-ring (bicyclic) bond motifs is 3. The van der Waals surface area contributed by atoms with Gasteiger partial charge >= 0.3 is 5.97 Å². The molecule has 2 aliphatic rings. The molecule has 20 heavy (non-hydrogen) atoms. The highest BCUT2D eigenvalue weighted by molar-refractivity contribution is 5.86. The first-order valence-corrected chi connectivity index (χ1v) is 6.40. The molecule has 0 aliphatic carbocycles. The molecule has 0 spiro atoms. The number of alkyl halides is 1. The highest BCUT2D eigenvalue weighted by Crippen LogP contribution is 2.51. The van der Waals surface area contributed by atoms with Gasteiger partial charge in [-0.15, -0.1) is 0 Å². The smallest absolute Gasteiger partial charge is 0.328 e. The number of amides is 1. The van der Waals surface area contributed by atoms with E-state index in [-0.39, 0.29) is 12.3 Å². The number of nitrogens with zero attached hydrogens (tertiary/aromatic N) is 1. The molecule has 1 saturated heterocycles. The van der Waals surface area contributed by atoms with E-state index < -0.39 is 23.8 Å². The summed E-state index contributed by atoms with van der Waals surface area (Å²) in [6.45, 7) is 1.33. The van der Waals surface area contributed by atoms with Crippen LogP contribution in [0.1, 0.15) is 18.9 Å². The van der Waals surface area contributed by atoms with E-state index in [0.29, 0.717) is 11.3 Å². The molecule has 0 radical (unpaired) electrons. The number of hydrogen-bond acceptors (Lipinski definition) is 4. The maximum absolute atomic E-state index is 15.4. The van der Waals surface area contributed by atoms with E-state index in [2.05, 4.69) is 10.1 Å². The molecular formula is C14H15FN2O3. The Morgan fingerprint density at radius 2 is 2.15 bits per heavy atom. The minimum absolute atomic E-state index is 0.0894. The Morgan fingerprint density at radius 3 is 2.80 bits per heavy atom. The van der Waals surface area contributed by atoms with Gasteiger partial charge in [0.25, 0.3) is 0 Å². The minimum atomic E-state index is -1.76. The molecule has 5 nitrogen and oxygen atoms in total. The molecule has 2 heterocycles. The number of anilines is 1. The Labute approximate surface area is 115 Å². The number of rotatable bonds is 1. The lowest BCUT2D eigenvalue weighted by Crippen LogP contribution is -2.48. The lowest BCUT2D eigenvalue weighted by atomic mass is 9.93. The van der Waals surface area contributed by atoms with E-state index in [1.54, 1.807) is 24.3 Å². The van der Waals surface area contributed by atoms with Crippen LogP contribution in [0, 0.1) is 0 Å². The highest BCUT2D eigenvalue weighted by Gasteiger charge is 2.61. The van der Waals surface area contributed by atoms with Crippen molar-refractivity contribution in [1.29, 1.82) is 0 Å². The minimum Gasteiger partial charge on any atom is -0.467 e. The molecular weight excluding hydrogens is 263 g/mol. The second-order valence-corrected chi connectivity index (χ2v) is 5.12. The van der Waals surface area contributed by atoms with Gasteiger partial charge in [-0.25, -0.2) is 9.18 Å². The summed E-state index contributed by atoms with van der Waals surface area (Å²) in [6.07, 6.45) is -0.949. The van der Waals surface area contributed by atoms with Gasteiger partial charge in [0.2, 0.25) is 5.91 Å². The summed E-state index contributed by atoms with van der Waals surface area (Å²) in [5.41, 5.74) is -0.613. The number of halogens is 1. The van der Waals surface area contributed by atoms with Crippen molar-refractivity contribution in [2.45, 2.75) is 31.2 Å². The van der Waals surface area contributed by atoms with E-state index in [0.717, 1.165) is 0 Å². The fraction of sp³-hybridized carbons (Fsp3) is 0.429. The number of methoxy groups -OCH3 is 1. The SMILES string of the molecule is COC(=O)[C@@H]1CC2(F)c3ccccc3NC2N1C(C)=O. The molecule has 1 aromatic carbocycles. The molecule has 0 aromatic heterocycles. The van der Waals surface area contributed by atoms with Gasteiger partial charge in [0.05, 0.1) is 7.11 Å². The van der Waals surface area contributed by atoms with E-state index in [1.165, 1.54) is 18.9 Å². The molecule has 106 valence electrons. The molecule has 2 unspecified atom stereocenters. The van der Waals surface area contributed by atoms with Gasteiger partial charge in [0.1, 0.15) is 12.2 Å². The van der Waals surface area contributed by atoms with Crippen molar-refractivity contribution >= 4 is 17.6 Å². The average Bonchev–Trinajstić information content (AvgIpc) is 2.87. The van der Waals surface area contributed by atoms with Crippen LogP contribution >= 0.6 is 0 Å². The largest absolute Gasteiger partial charge is 0.467 e. The third-order valence-corrected chi connectivity index (χ3v) is 4.04. The molecule has 6 heteroatoms. The number of likely N-dealkylation sites (tertiary alicyclic amines) is 1. The number of para-hydroxylation sites is 1. The zero-order valence-electron chi connectivity index (χ0n) is 11.2. The number of carbonyl (C=O) groups is 2. The van der Waals surface area contributed by atoms with Crippen LogP contribution in [-0.4, -0.2) is 36.1 Å². The third kappa shape index (κ3) is 1.54. The molecule has 1 N–H and O–H groups in total. The number of hydrogen-bond donors (Lipinski definition) is 1. The molecule has 1 amide bonds. The van der Waals surface area contributed by atoms with Gasteiger partial charge in [0, 0.05) is 24.6 Å². The Morgan fingerprint density at radius 1 is 1.45 bits per heavy atom. The average molecular weight is 278 g/mol. The van der Waals surface area contributed by atoms with E-state index in [9.17, 15) is 9.59 Å². The van der Waals surface area contributed by atoms with Crippen LogP contribution in [0.3, 0.4) is 0 Å². The van der Waals surface area contributed by atoms with Crippen LogP contribution in [0.2, 0.25) is 0 Å². The van der Waals surface area contributed by atoms with Crippen molar-refractivity contribution in [3.63, 3.8) is 0 Å². The Bertz CT molecular complexity index is 592. The summed E-state index contributed by atoms with van der Waals surface area (Å²) in [4.78, 5) is 24.9. The standard InChI is InChI=1S/C14H15FN2O3/c1-8(18)17-11(12(19)20-2)7-14(15)9-5-3-4-6-10(9)16-13(14)17/h3-6,11,13,16H,7H2,1-2H3/t11-,13?,14?/m0/s1. The lowest BCUT2D eigenvalue weighted by molar-refractivity contribution is -0.151. The van der Waals surface area contributed by atoms with Crippen LogP contribution in [0.15, 0.2) is 24.3 Å². The van der Waals surface area contributed by atoms with E-state index >= 15 is 4.39 Å². The monoisotopic (exact) mass is 278 g/mol. The molecule has 3 atom stereocenters. The van der Waals surface area contributed by atoms with Crippen molar-refractivity contribution in [3.05, 3.63) is 29.8 Å².